The van der Waals surface area contributed by atoms with Gasteiger partial charge in [0.2, 0.25) is 5.91 Å². The number of allylic oxidation sites excluding steroid dienone is 2. The van der Waals surface area contributed by atoms with Gasteiger partial charge in [-0.3, -0.25) is 14.4 Å². The van der Waals surface area contributed by atoms with E-state index in [1.54, 1.807) is 12.2 Å². The number of benzene rings is 4. The molecule has 4 aromatic rings. The molecule has 4 aromatic carbocycles. The molecule has 2 atom stereocenters. The molecule has 0 bridgehead atoms. The van der Waals surface area contributed by atoms with Gasteiger partial charge in [0.15, 0.2) is 0 Å². The zero-order chi connectivity index (χ0) is 29.6. The zero-order valence-electron chi connectivity index (χ0n) is 21.9. The fraction of sp³-hybridized carbons (Fsp3) is 0.219. The quantitative estimate of drug-likeness (QED) is 0.168. The van der Waals surface area contributed by atoms with Gasteiger partial charge in [0.1, 0.15) is 0 Å². The predicted molar refractivity (Wildman–Crippen MR) is 150 cm³/mol. The number of alkyl halides is 3. The molecule has 3 N–H and O–H groups in total. The highest BCUT2D eigenvalue weighted by Gasteiger charge is 2.34. The standard InChI is InChI=1S/C17H14O2.C15H14F3NO3/c18-17(19)8-6-12-5-7-15-10-13-3-1-2-4-14(13)11-16(15)9-12;16-15(17,18)9-4-3-5-10(8-9)19-13(20)11-6-1-2-7-12(11)14(21)22/h1-5,7,9-11H,6,8H2,(H,18,19);1-5,8,11-12H,6-7H2,(H,19,20)(H,21,22). The Morgan fingerprint density at radius 2 is 1.39 bits per heavy atom. The molecule has 41 heavy (non-hydrogen) atoms. The molecule has 0 aromatic heterocycles. The minimum atomic E-state index is -4.50. The predicted octanol–water partition coefficient (Wildman–Crippen LogP) is 7.32. The average Bonchev–Trinajstić information content (AvgIpc) is 2.95. The van der Waals surface area contributed by atoms with Crippen LogP contribution in [0.1, 0.15) is 30.4 Å². The molecule has 9 heteroatoms. The van der Waals surface area contributed by atoms with E-state index in [9.17, 15) is 27.6 Å². The molecule has 212 valence electrons. The number of halogens is 3. The Morgan fingerprint density at radius 1 is 0.756 bits per heavy atom. The van der Waals surface area contributed by atoms with Crippen LogP contribution in [0.5, 0.6) is 0 Å². The third-order valence-corrected chi connectivity index (χ3v) is 6.94. The van der Waals surface area contributed by atoms with Crippen LogP contribution in [0, 0.1) is 11.8 Å². The number of hydrogen-bond acceptors (Lipinski definition) is 3. The molecule has 0 fully saturated rings. The Kier molecular flexibility index (Phi) is 9.07. The number of anilines is 1. The first kappa shape index (κ1) is 29.3. The third-order valence-electron chi connectivity index (χ3n) is 6.94. The van der Waals surface area contributed by atoms with Crippen LogP contribution in [0.25, 0.3) is 21.5 Å². The van der Waals surface area contributed by atoms with Crippen LogP contribution in [0.3, 0.4) is 0 Å². The molecule has 0 radical (unpaired) electrons. The lowest BCUT2D eigenvalue weighted by Gasteiger charge is -2.24. The number of amides is 1. The van der Waals surface area contributed by atoms with Crippen LogP contribution in [0.4, 0.5) is 18.9 Å². The Balaban J connectivity index is 0.000000191. The molecule has 6 nitrogen and oxygen atoms in total. The van der Waals surface area contributed by atoms with Gasteiger partial charge in [-0.15, -0.1) is 0 Å². The summed E-state index contributed by atoms with van der Waals surface area (Å²) in [5.41, 5.74) is 0.201. The fourth-order valence-corrected chi connectivity index (χ4v) is 4.78. The van der Waals surface area contributed by atoms with Crippen molar-refractivity contribution in [3.05, 3.63) is 102 Å². The van der Waals surface area contributed by atoms with Crippen molar-refractivity contribution in [2.24, 2.45) is 11.8 Å². The van der Waals surface area contributed by atoms with Crippen LogP contribution in [-0.2, 0) is 27.0 Å². The molecule has 0 saturated carbocycles. The normalized spacial score (nSPS) is 16.6. The maximum Gasteiger partial charge on any atom is 0.416 e. The van der Waals surface area contributed by atoms with E-state index in [4.69, 9.17) is 10.2 Å². The lowest BCUT2D eigenvalue weighted by molar-refractivity contribution is -0.146. The maximum atomic E-state index is 12.6. The molecular formula is C32H28F3NO5. The highest BCUT2D eigenvalue weighted by atomic mass is 19.4. The second kappa shape index (κ2) is 12.7. The van der Waals surface area contributed by atoms with Crippen molar-refractivity contribution in [2.45, 2.75) is 31.9 Å². The second-order valence-corrected chi connectivity index (χ2v) is 9.84. The van der Waals surface area contributed by atoms with Crippen molar-refractivity contribution in [1.82, 2.24) is 0 Å². The Morgan fingerprint density at radius 3 is 2.02 bits per heavy atom. The topological polar surface area (TPSA) is 104 Å². The minimum Gasteiger partial charge on any atom is -0.481 e. The number of aliphatic carboxylic acids is 2. The summed E-state index contributed by atoms with van der Waals surface area (Å²) in [4.78, 5) is 33.9. The van der Waals surface area contributed by atoms with Crippen molar-refractivity contribution >= 4 is 45.1 Å². The summed E-state index contributed by atoms with van der Waals surface area (Å²) in [5, 5.41) is 25.0. The third kappa shape index (κ3) is 7.72. The van der Waals surface area contributed by atoms with Gasteiger partial charge >= 0.3 is 18.1 Å². The zero-order valence-corrected chi connectivity index (χ0v) is 21.9. The minimum absolute atomic E-state index is 0.00137. The first-order valence-electron chi connectivity index (χ1n) is 13.0. The van der Waals surface area contributed by atoms with Gasteiger partial charge in [-0.05, 0) is 76.7 Å². The summed E-state index contributed by atoms with van der Waals surface area (Å²) >= 11 is 0. The highest BCUT2D eigenvalue weighted by molar-refractivity contribution is 5.98. The number of carbonyl (C=O) groups is 3. The van der Waals surface area contributed by atoms with E-state index in [1.165, 1.54) is 33.7 Å². The first-order chi connectivity index (χ1) is 19.5. The van der Waals surface area contributed by atoms with Crippen LogP contribution >= 0.6 is 0 Å². The number of carbonyl (C=O) groups excluding carboxylic acids is 1. The van der Waals surface area contributed by atoms with E-state index in [0.717, 1.165) is 17.7 Å². The number of hydrogen-bond donors (Lipinski definition) is 3. The van der Waals surface area contributed by atoms with Crippen LogP contribution < -0.4 is 5.32 Å². The summed E-state index contributed by atoms with van der Waals surface area (Å²) in [6, 6.07) is 23.0. The van der Waals surface area contributed by atoms with Gasteiger partial charge in [-0.25, -0.2) is 0 Å². The largest absolute Gasteiger partial charge is 0.481 e. The Labute approximate surface area is 234 Å². The summed E-state index contributed by atoms with van der Waals surface area (Å²) in [6.45, 7) is 0. The van der Waals surface area contributed by atoms with Gasteiger partial charge in [-0.2, -0.15) is 13.2 Å². The van der Waals surface area contributed by atoms with Crippen LogP contribution in [0.15, 0.2) is 91.0 Å². The van der Waals surface area contributed by atoms with Crippen molar-refractivity contribution < 1.29 is 37.8 Å². The van der Waals surface area contributed by atoms with E-state index in [2.05, 4.69) is 41.7 Å². The summed E-state index contributed by atoms with van der Waals surface area (Å²) < 4.78 is 37.9. The van der Waals surface area contributed by atoms with E-state index in [-0.39, 0.29) is 24.9 Å². The smallest absolute Gasteiger partial charge is 0.416 e. The number of aryl methyl sites for hydroxylation is 1. The van der Waals surface area contributed by atoms with Crippen molar-refractivity contribution in [2.75, 3.05) is 5.32 Å². The summed E-state index contributed by atoms with van der Waals surface area (Å²) in [6.07, 6.45) is 0.134. The number of fused-ring (bicyclic) bond motifs is 2. The monoisotopic (exact) mass is 563 g/mol. The molecule has 0 heterocycles. The molecule has 2 unspecified atom stereocenters. The number of carboxylic acid groups (broad SMARTS) is 2. The Bertz CT molecular complexity index is 1610. The van der Waals surface area contributed by atoms with Gasteiger partial charge in [-0.1, -0.05) is 60.7 Å². The molecule has 1 amide bonds. The highest BCUT2D eigenvalue weighted by Crippen LogP contribution is 2.32. The van der Waals surface area contributed by atoms with Crippen molar-refractivity contribution in [3.63, 3.8) is 0 Å². The number of nitrogens with one attached hydrogen (secondary N) is 1. The van der Waals surface area contributed by atoms with Gasteiger partial charge in [0.25, 0.3) is 0 Å². The van der Waals surface area contributed by atoms with Gasteiger partial charge in [0.05, 0.1) is 17.4 Å². The van der Waals surface area contributed by atoms with E-state index in [1.807, 2.05) is 18.2 Å². The first-order valence-corrected chi connectivity index (χ1v) is 13.0. The molecule has 5 rings (SSSR count). The van der Waals surface area contributed by atoms with Crippen molar-refractivity contribution in [3.8, 4) is 0 Å². The lowest BCUT2D eigenvalue weighted by Crippen LogP contribution is -2.34. The van der Waals surface area contributed by atoms with Crippen LogP contribution in [-0.4, -0.2) is 28.1 Å². The molecule has 0 saturated heterocycles. The van der Waals surface area contributed by atoms with E-state index in [0.29, 0.717) is 6.42 Å². The molecule has 0 spiro atoms. The molecule has 1 aliphatic carbocycles. The number of carboxylic acids is 2. The fourth-order valence-electron chi connectivity index (χ4n) is 4.78. The molecular weight excluding hydrogens is 535 g/mol. The summed E-state index contributed by atoms with van der Waals surface area (Å²) in [5.74, 6) is -4.09. The van der Waals surface area contributed by atoms with E-state index >= 15 is 0 Å². The van der Waals surface area contributed by atoms with Crippen LogP contribution in [0.2, 0.25) is 0 Å². The summed E-state index contributed by atoms with van der Waals surface area (Å²) in [7, 11) is 0. The second-order valence-electron chi connectivity index (χ2n) is 9.84. The van der Waals surface area contributed by atoms with Gasteiger partial charge < -0.3 is 15.5 Å². The van der Waals surface area contributed by atoms with Crippen molar-refractivity contribution in [1.29, 1.82) is 0 Å². The Hall–Kier alpha value is -4.66. The van der Waals surface area contributed by atoms with Gasteiger partial charge in [0, 0.05) is 12.1 Å². The number of rotatable bonds is 6. The molecule has 0 aliphatic heterocycles. The lowest BCUT2D eigenvalue weighted by atomic mass is 9.82. The molecule has 1 aliphatic rings. The maximum absolute atomic E-state index is 12.6. The van der Waals surface area contributed by atoms with E-state index < -0.39 is 41.4 Å². The SMILES string of the molecule is O=C(O)C1CC=CCC1C(=O)Nc1cccc(C(F)(F)F)c1.O=C(O)CCc1ccc2cc3ccccc3cc2c1. The average molecular weight is 564 g/mol.